The second-order valence-electron chi connectivity index (χ2n) is 7.93. The molecule has 1 N–H and O–H groups in total. The van der Waals surface area contributed by atoms with E-state index in [-0.39, 0.29) is 6.61 Å². The molecule has 2 saturated heterocycles. The van der Waals surface area contributed by atoms with Crippen molar-refractivity contribution >= 4 is 5.91 Å². The molecule has 144 valence electrons. The van der Waals surface area contributed by atoms with E-state index >= 15 is 0 Å². The van der Waals surface area contributed by atoms with Crippen LogP contribution in [0.25, 0.3) is 0 Å². The van der Waals surface area contributed by atoms with Crippen LogP contribution in [0.3, 0.4) is 0 Å². The molecule has 1 aromatic rings. The topological polar surface area (TPSA) is 47.0 Å². The van der Waals surface area contributed by atoms with Crippen molar-refractivity contribution in [2.24, 2.45) is 5.92 Å². The molecule has 2 heterocycles. The molecule has 1 amide bonds. The van der Waals surface area contributed by atoms with E-state index in [1.807, 2.05) is 12.1 Å². The molecule has 1 unspecified atom stereocenters. The van der Waals surface area contributed by atoms with E-state index in [9.17, 15) is 9.90 Å². The maximum absolute atomic E-state index is 12.6. The minimum absolute atomic E-state index is 0.0927. The third-order valence-corrected chi connectivity index (χ3v) is 5.79. The van der Waals surface area contributed by atoms with Crippen molar-refractivity contribution in [3.8, 4) is 0 Å². The molecule has 0 aromatic heterocycles. The molecule has 3 rings (SSSR count). The summed E-state index contributed by atoms with van der Waals surface area (Å²) in [7, 11) is 2.18. The highest BCUT2D eigenvalue weighted by atomic mass is 16.3. The van der Waals surface area contributed by atoms with E-state index in [1.54, 1.807) is 0 Å². The number of aliphatic hydroxyl groups excluding tert-OH is 1. The van der Waals surface area contributed by atoms with Gasteiger partial charge >= 0.3 is 0 Å². The molecule has 26 heavy (non-hydrogen) atoms. The number of benzene rings is 1. The number of carbonyl (C=O) groups excluding carboxylic acids is 1. The van der Waals surface area contributed by atoms with Crippen molar-refractivity contribution in [1.82, 2.24) is 14.7 Å². The lowest BCUT2D eigenvalue weighted by molar-refractivity contribution is -0.130. The van der Waals surface area contributed by atoms with Gasteiger partial charge in [0, 0.05) is 39.1 Å². The summed E-state index contributed by atoms with van der Waals surface area (Å²) in [6, 6.07) is 8.17. The monoisotopic (exact) mass is 359 g/mol. The number of hydrogen-bond acceptors (Lipinski definition) is 4. The summed E-state index contributed by atoms with van der Waals surface area (Å²) in [6.07, 6.45) is 3.93. The molecular weight excluding hydrogens is 326 g/mol. The summed E-state index contributed by atoms with van der Waals surface area (Å²) >= 11 is 0. The highest BCUT2D eigenvalue weighted by Crippen LogP contribution is 2.22. The zero-order valence-electron chi connectivity index (χ0n) is 16.1. The maximum Gasteiger partial charge on any atom is 0.223 e. The van der Waals surface area contributed by atoms with Crippen LogP contribution in [-0.2, 0) is 17.8 Å². The maximum atomic E-state index is 12.6. The third-order valence-electron chi connectivity index (χ3n) is 5.79. The van der Waals surface area contributed by atoms with Gasteiger partial charge in [0.05, 0.1) is 6.61 Å². The number of likely N-dealkylation sites (N-methyl/N-ethyl adjacent to an activating group) is 1. The number of hydrogen-bond donors (Lipinski definition) is 1. The molecule has 2 fully saturated rings. The van der Waals surface area contributed by atoms with E-state index in [0.717, 1.165) is 64.2 Å². The Bertz CT molecular complexity index is 592. The van der Waals surface area contributed by atoms with E-state index in [1.165, 1.54) is 12.0 Å². The molecule has 0 saturated carbocycles. The number of aliphatic hydroxyl groups is 1. The summed E-state index contributed by atoms with van der Waals surface area (Å²) in [5.74, 6) is 0.855. The second kappa shape index (κ2) is 9.49. The Hall–Kier alpha value is -1.43. The van der Waals surface area contributed by atoms with Gasteiger partial charge in [0.1, 0.15) is 0 Å². The second-order valence-corrected chi connectivity index (χ2v) is 7.93. The fourth-order valence-electron chi connectivity index (χ4n) is 4.15. The fraction of sp³-hybridized carbons (Fsp3) is 0.667. The zero-order chi connectivity index (χ0) is 18.4. The standard InChI is InChI=1S/C21H33N3O2/c1-22-8-3-9-23(13-12-22)10-7-21(26)24-11-6-19(16-24)14-18-4-2-5-20(15-18)17-25/h2,4-5,15,19,25H,3,6-14,16-17H2,1H3. The van der Waals surface area contributed by atoms with Gasteiger partial charge in [-0.2, -0.15) is 0 Å². The smallest absolute Gasteiger partial charge is 0.223 e. The molecular formula is C21H33N3O2. The Labute approximate surface area is 157 Å². The minimum atomic E-state index is 0.0927. The lowest BCUT2D eigenvalue weighted by Crippen LogP contribution is -2.35. The molecule has 1 atom stereocenters. The molecule has 5 nitrogen and oxygen atoms in total. The summed E-state index contributed by atoms with van der Waals surface area (Å²) in [5.41, 5.74) is 2.24. The largest absolute Gasteiger partial charge is 0.392 e. The first kappa shape index (κ1) is 19.3. The third kappa shape index (κ3) is 5.53. The van der Waals surface area contributed by atoms with Crippen molar-refractivity contribution < 1.29 is 9.90 Å². The normalized spacial score (nSPS) is 22.5. The van der Waals surface area contributed by atoms with Crippen molar-refractivity contribution in [3.63, 3.8) is 0 Å². The molecule has 1 aromatic carbocycles. The van der Waals surface area contributed by atoms with E-state index in [0.29, 0.717) is 18.2 Å². The number of amides is 1. The molecule has 0 spiro atoms. The molecule has 2 aliphatic rings. The first-order valence-corrected chi connectivity index (χ1v) is 10.0. The Morgan fingerprint density at radius 3 is 2.85 bits per heavy atom. The first-order chi connectivity index (χ1) is 12.6. The highest BCUT2D eigenvalue weighted by Gasteiger charge is 2.26. The van der Waals surface area contributed by atoms with Gasteiger partial charge in [-0.25, -0.2) is 0 Å². The average molecular weight is 360 g/mol. The van der Waals surface area contributed by atoms with Gasteiger partial charge in [-0.15, -0.1) is 0 Å². The van der Waals surface area contributed by atoms with Gasteiger partial charge in [0.15, 0.2) is 0 Å². The average Bonchev–Trinajstić information content (AvgIpc) is 3.01. The predicted molar refractivity (Wildman–Crippen MR) is 104 cm³/mol. The van der Waals surface area contributed by atoms with Crippen molar-refractivity contribution in [3.05, 3.63) is 35.4 Å². The van der Waals surface area contributed by atoms with Crippen LogP contribution in [0.15, 0.2) is 24.3 Å². The van der Waals surface area contributed by atoms with E-state index in [2.05, 4.69) is 33.9 Å². The fourth-order valence-corrected chi connectivity index (χ4v) is 4.15. The van der Waals surface area contributed by atoms with Crippen LogP contribution in [0.1, 0.15) is 30.4 Å². The van der Waals surface area contributed by atoms with Crippen LogP contribution in [-0.4, -0.2) is 78.6 Å². The molecule has 0 bridgehead atoms. The molecule has 0 aliphatic carbocycles. The van der Waals surface area contributed by atoms with Crippen molar-refractivity contribution in [2.45, 2.75) is 32.3 Å². The summed E-state index contributed by atoms with van der Waals surface area (Å²) in [6.45, 7) is 7.22. The highest BCUT2D eigenvalue weighted by molar-refractivity contribution is 5.76. The van der Waals surface area contributed by atoms with Crippen LogP contribution in [0.4, 0.5) is 0 Å². The van der Waals surface area contributed by atoms with Gasteiger partial charge in [0.25, 0.3) is 0 Å². The Kier molecular flexibility index (Phi) is 7.06. The van der Waals surface area contributed by atoms with Crippen LogP contribution >= 0.6 is 0 Å². The lowest BCUT2D eigenvalue weighted by Gasteiger charge is -2.22. The molecule has 2 aliphatic heterocycles. The van der Waals surface area contributed by atoms with Gasteiger partial charge in [0.2, 0.25) is 5.91 Å². The number of rotatable bonds is 6. The number of nitrogens with zero attached hydrogens (tertiary/aromatic N) is 3. The van der Waals surface area contributed by atoms with E-state index in [4.69, 9.17) is 0 Å². The molecule has 5 heteroatoms. The first-order valence-electron chi connectivity index (χ1n) is 10.0. The summed E-state index contributed by atoms with van der Waals surface area (Å²) in [5, 5.41) is 9.28. The van der Waals surface area contributed by atoms with Crippen LogP contribution in [0.5, 0.6) is 0 Å². The Morgan fingerprint density at radius 2 is 2.00 bits per heavy atom. The van der Waals surface area contributed by atoms with Gasteiger partial charge in [-0.3, -0.25) is 4.79 Å². The Balaban J connectivity index is 1.42. The Morgan fingerprint density at radius 1 is 1.15 bits per heavy atom. The lowest BCUT2D eigenvalue weighted by atomic mass is 9.97. The van der Waals surface area contributed by atoms with Gasteiger partial charge < -0.3 is 19.8 Å². The van der Waals surface area contributed by atoms with Crippen LogP contribution in [0.2, 0.25) is 0 Å². The quantitative estimate of drug-likeness (QED) is 0.838. The summed E-state index contributed by atoms with van der Waals surface area (Å²) < 4.78 is 0. The molecule has 0 radical (unpaired) electrons. The summed E-state index contributed by atoms with van der Waals surface area (Å²) in [4.78, 5) is 19.5. The predicted octanol–water partition coefficient (Wildman–Crippen LogP) is 1.60. The van der Waals surface area contributed by atoms with Gasteiger partial charge in [-0.05, 0) is 56.4 Å². The number of likely N-dealkylation sites (tertiary alicyclic amines) is 1. The number of carbonyl (C=O) groups is 1. The van der Waals surface area contributed by atoms with Crippen LogP contribution < -0.4 is 0 Å². The van der Waals surface area contributed by atoms with Crippen molar-refractivity contribution in [2.75, 3.05) is 52.9 Å². The SMILES string of the molecule is CN1CCCN(CCC(=O)N2CCC(Cc3cccc(CO)c3)C2)CC1. The van der Waals surface area contributed by atoms with Crippen LogP contribution in [0, 0.1) is 5.92 Å². The minimum Gasteiger partial charge on any atom is -0.392 e. The van der Waals surface area contributed by atoms with Crippen molar-refractivity contribution in [1.29, 1.82) is 0 Å². The zero-order valence-corrected chi connectivity index (χ0v) is 16.1. The van der Waals surface area contributed by atoms with E-state index < -0.39 is 0 Å². The van der Waals surface area contributed by atoms with Gasteiger partial charge in [-0.1, -0.05) is 24.3 Å².